The van der Waals surface area contributed by atoms with Gasteiger partial charge in [-0.2, -0.15) is 0 Å². The molecular weight excluding hydrogens is 280 g/mol. The molecule has 0 saturated heterocycles. The normalized spacial score (nSPS) is 22.1. The highest BCUT2D eigenvalue weighted by molar-refractivity contribution is 5.70. The van der Waals surface area contributed by atoms with Crippen LogP contribution >= 0.6 is 0 Å². The minimum atomic E-state index is -0.641. The third-order valence-electron chi connectivity index (χ3n) is 4.37. The fraction of sp³-hybridized carbons (Fsp3) is 0.882. The Labute approximate surface area is 135 Å². The lowest BCUT2D eigenvalue weighted by molar-refractivity contribution is -0.142. The second kappa shape index (κ2) is 13.6. The molecular formula is C17H34N2O3. The number of aliphatic carboxylic acids is 1. The van der Waals surface area contributed by atoms with Gasteiger partial charge in [-0.15, -0.1) is 0 Å². The zero-order valence-corrected chi connectivity index (χ0v) is 14.4. The maximum Gasteiger partial charge on any atom is 0.306 e. The third kappa shape index (κ3) is 9.03. The first kappa shape index (κ1) is 20.9. The van der Waals surface area contributed by atoms with Crippen molar-refractivity contribution in [2.75, 3.05) is 13.1 Å². The predicted octanol–water partition coefficient (Wildman–Crippen LogP) is 2.80. The number of hydrogen-bond acceptors (Lipinski definition) is 3. The SMILES string of the molecule is CC.CCC(CCCNC=O)CNC1CCC(C(=O)O)CC1. The molecule has 1 aliphatic carbocycles. The van der Waals surface area contributed by atoms with Crippen molar-refractivity contribution in [1.29, 1.82) is 0 Å². The Kier molecular flexibility index (Phi) is 12.9. The molecule has 1 fully saturated rings. The van der Waals surface area contributed by atoms with Gasteiger partial charge in [-0.25, -0.2) is 0 Å². The highest BCUT2D eigenvalue weighted by atomic mass is 16.4. The van der Waals surface area contributed by atoms with E-state index in [4.69, 9.17) is 5.11 Å². The Morgan fingerprint density at radius 1 is 1.27 bits per heavy atom. The highest BCUT2D eigenvalue weighted by Crippen LogP contribution is 2.24. The number of carbonyl (C=O) groups excluding carboxylic acids is 1. The van der Waals surface area contributed by atoms with Gasteiger partial charge in [0.05, 0.1) is 5.92 Å². The van der Waals surface area contributed by atoms with E-state index in [-0.39, 0.29) is 5.92 Å². The number of nitrogens with one attached hydrogen (secondary N) is 2. The molecule has 1 atom stereocenters. The molecule has 5 nitrogen and oxygen atoms in total. The van der Waals surface area contributed by atoms with E-state index in [9.17, 15) is 9.59 Å². The summed E-state index contributed by atoms with van der Waals surface area (Å²) < 4.78 is 0. The van der Waals surface area contributed by atoms with E-state index < -0.39 is 5.97 Å². The quantitative estimate of drug-likeness (QED) is 0.428. The van der Waals surface area contributed by atoms with Gasteiger partial charge in [-0.05, 0) is 51.0 Å². The first-order valence-corrected chi connectivity index (χ1v) is 8.80. The summed E-state index contributed by atoms with van der Waals surface area (Å²) in [7, 11) is 0. The van der Waals surface area contributed by atoms with E-state index in [2.05, 4.69) is 17.6 Å². The number of hydrogen-bond donors (Lipinski definition) is 3. The molecule has 0 aromatic rings. The summed E-state index contributed by atoms with van der Waals surface area (Å²) in [6, 6.07) is 0.479. The number of carbonyl (C=O) groups is 2. The lowest BCUT2D eigenvalue weighted by Gasteiger charge is -2.28. The third-order valence-corrected chi connectivity index (χ3v) is 4.37. The van der Waals surface area contributed by atoms with Crippen LogP contribution in [0.2, 0.25) is 0 Å². The molecule has 1 rings (SSSR count). The monoisotopic (exact) mass is 314 g/mol. The average molecular weight is 314 g/mol. The number of carboxylic acid groups (broad SMARTS) is 1. The van der Waals surface area contributed by atoms with Gasteiger partial charge in [0, 0.05) is 12.6 Å². The van der Waals surface area contributed by atoms with Crippen molar-refractivity contribution >= 4 is 12.4 Å². The van der Waals surface area contributed by atoms with Crippen molar-refractivity contribution in [2.24, 2.45) is 11.8 Å². The zero-order chi connectivity index (χ0) is 16.8. The van der Waals surface area contributed by atoms with Crippen molar-refractivity contribution in [2.45, 2.75) is 71.8 Å². The molecule has 1 saturated carbocycles. The first-order valence-electron chi connectivity index (χ1n) is 8.80. The van der Waals surface area contributed by atoms with Crippen LogP contribution in [0.15, 0.2) is 0 Å². The minimum absolute atomic E-state index is 0.135. The lowest BCUT2D eigenvalue weighted by atomic mass is 9.86. The number of amides is 1. The molecule has 22 heavy (non-hydrogen) atoms. The van der Waals surface area contributed by atoms with Crippen molar-refractivity contribution in [3.05, 3.63) is 0 Å². The van der Waals surface area contributed by atoms with Gasteiger partial charge < -0.3 is 15.7 Å². The largest absolute Gasteiger partial charge is 0.481 e. The van der Waals surface area contributed by atoms with Gasteiger partial charge in [0.15, 0.2) is 0 Å². The van der Waals surface area contributed by atoms with Crippen molar-refractivity contribution < 1.29 is 14.7 Å². The number of rotatable bonds is 10. The van der Waals surface area contributed by atoms with Crippen LogP contribution in [0.3, 0.4) is 0 Å². The van der Waals surface area contributed by atoms with E-state index in [1.807, 2.05) is 13.8 Å². The van der Waals surface area contributed by atoms with Gasteiger partial charge in [-0.1, -0.05) is 27.2 Å². The van der Waals surface area contributed by atoms with E-state index in [0.717, 1.165) is 64.4 Å². The average Bonchev–Trinajstić information content (AvgIpc) is 2.56. The number of carboxylic acids is 1. The standard InChI is InChI=1S/C15H28N2O3.C2H6/c1-2-12(4-3-9-16-11-18)10-17-14-7-5-13(6-8-14)15(19)20;1-2/h11-14,17H,2-10H2,1H3,(H,16,18)(H,19,20);1-2H3. The van der Waals surface area contributed by atoms with Crippen molar-refractivity contribution in [1.82, 2.24) is 10.6 Å². The first-order chi connectivity index (χ1) is 10.7. The topological polar surface area (TPSA) is 78.4 Å². The highest BCUT2D eigenvalue weighted by Gasteiger charge is 2.25. The molecule has 3 N–H and O–H groups in total. The second-order valence-corrected chi connectivity index (χ2v) is 5.78. The zero-order valence-electron chi connectivity index (χ0n) is 14.4. The van der Waals surface area contributed by atoms with Crippen LogP contribution in [0.5, 0.6) is 0 Å². The minimum Gasteiger partial charge on any atom is -0.481 e. The Morgan fingerprint density at radius 3 is 2.41 bits per heavy atom. The Hall–Kier alpha value is -1.10. The van der Waals surface area contributed by atoms with Crippen LogP contribution < -0.4 is 10.6 Å². The predicted molar refractivity (Wildman–Crippen MR) is 89.8 cm³/mol. The molecule has 5 heteroatoms. The summed E-state index contributed by atoms with van der Waals surface area (Å²) in [6.07, 6.45) is 7.57. The molecule has 0 radical (unpaired) electrons. The molecule has 130 valence electrons. The summed E-state index contributed by atoms with van der Waals surface area (Å²) in [5, 5.41) is 15.3. The van der Waals surface area contributed by atoms with Crippen LogP contribution in [0, 0.1) is 11.8 Å². The summed E-state index contributed by atoms with van der Waals surface area (Å²) in [5.41, 5.74) is 0. The maximum absolute atomic E-state index is 10.9. The van der Waals surface area contributed by atoms with E-state index in [1.165, 1.54) is 0 Å². The van der Waals surface area contributed by atoms with E-state index in [1.54, 1.807) is 0 Å². The van der Waals surface area contributed by atoms with Gasteiger partial charge >= 0.3 is 5.97 Å². The molecule has 0 heterocycles. The van der Waals surface area contributed by atoms with Crippen LogP contribution in [-0.2, 0) is 9.59 Å². The Morgan fingerprint density at radius 2 is 1.91 bits per heavy atom. The Balaban J connectivity index is 0.00000211. The molecule has 1 aliphatic rings. The van der Waals surface area contributed by atoms with Gasteiger partial charge in [0.2, 0.25) is 6.41 Å². The lowest BCUT2D eigenvalue weighted by Crippen LogP contribution is -2.37. The van der Waals surface area contributed by atoms with Crippen LogP contribution in [0.4, 0.5) is 0 Å². The van der Waals surface area contributed by atoms with Crippen molar-refractivity contribution in [3.63, 3.8) is 0 Å². The summed E-state index contributed by atoms with van der Waals surface area (Å²) in [5.74, 6) is -0.136. The van der Waals surface area contributed by atoms with Crippen LogP contribution in [-0.4, -0.2) is 36.6 Å². The fourth-order valence-electron chi connectivity index (χ4n) is 2.88. The van der Waals surface area contributed by atoms with Crippen molar-refractivity contribution in [3.8, 4) is 0 Å². The molecule has 0 spiro atoms. The van der Waals surface area contributed by atoms with Crippen LogP contribution in [0.25, 0.3) is 0 Å². The fourth-order valence-corrected chi connectivity index (χ4v) is 2.88. The second-order valence-electron chi connectivity index (χ2n) is 5.78. The van der Waals surface area contributed by atoms with E-state index >= 15 is 0 Å². The van der Waals surface area contributed by atoms with Gasteiger partial charge in [0.25, 0.3) is 0 Å². The molecule has 0 aromatic heterocycles. The molecule has 0 bridgehead atoms. The maximum atomic E-state index is 10.9. The summed E-state index contributed by atoms with van der Waals surface area (Å²) in [6.45, 7) is 7.95. The Bertz CT molecular complexity index is 290. The molecule has 0 aromatic carbocycles. The van der Waals surface area contributed by atoms with Gasteiger partial charge in [-0.3, -0.25) is 9.59 Å². The summed E-state index contributed by atoms with van der Waals surface area (Å²) >= 11 is 0. The molecule has 0 aliphatic heterocycles. The van der Waals surface area contributed by atoms with Gasteiger partial charge in [0.1, 0.15) is 0 Å². The summed E-state index contributed by atoms with van der Waals surface area (Å²) in [4.78, 5) is 21.1. The smallest absolute Gasteiger partial charge is 0.306 e. The van der Waals surface area contributed by atoms with Crippen LogP contribution in [0.1, 0.15) is 65.7 Å². The molecule has 1 amide bonds. The van der Waals surface area contributed by atoms with E-state index in [0.29, 0.717) is 12.0 Å². The molecule has 1 unspecified atom stereocenters.